The van der Waals surface area contributed by atoms with Crippen LogP contribution in [-0.4, -0.2) is 17.0 Å². The summed E-state index contributed by atoms with van der Waals surface area (Å²) in [7, 11) is 0. The molecule has 0 aromatic heterocycles. The van der Waals surface area contributed by atoms with Gasteiger partial charge in [-0.05, 0) is 43.4 Å². The van der Waals surface area contributed by atoms with Crippen LogP contribution in [0.15, 0.2) is 0 Å². The highest BCUT2D eigenvalue weighted by molar-refractivity contribution is 9.09. The Morgan fingerprint density at radius 1 is 1.00 bits per heavy atom. The summed E-state index contributed by atoms with van der Waals surface area (Å²) in [6.45, 7) is 7.20. The van der Waals surface area contributed by atoms with Crippen molar-refractivity contribution in [2.24, 2.45) is 11.3 Å². The number of halogens is 1. The van der Waals surface area contributed by atoms with Gasteiger partial charge in [-0.15, -0.1) is 0 Å². The molecule has 0 amide bonds. The summed E-state index contributed by atoms with van der Waals surface area (Å²) in [5.41, 5.74) is 0.464. The Hall–Kier alpha value is 0.440. The van der Waals surface area contributed by atoms with Crippen molar-refractivity contribution >= 4 is 15.9 Å². The minimum absolute atomic E-state index is 0.450. The van der Waals surface area contributed by atoms with Crippen molar-refractivity contribution < 1.29 is 4.74 Å². The fourth-order valence-electron chi connectivity index (χ4n) is 4.17. The summed E-state index contributed by atoms with van der Waals surface area (Å²) in [5, 5.41) is 0. The minimum Gasteiger partial charge on any atom is -0.374 e. The van der Waals surface area contributed by atoms with E-state index < -0.39 is 0 Å². The molecule has 2 rings (SSSR count). The van der Waals surface area contributed by atoms with Gasteiger partial charge in [0.15, 0.2) is 0 Å². The van der Waals surface area contributed by atoms with Crippen LogP contribution in [0, 0.1) is 11.3 Å². The molecule has 0 heterocycles. The third kappa shape index (κ3) is 5.04. The number of ether oxygens (including phenoxy) is 1. The van der Waals surface area contributed by atoms with Gasteiger partial charge in [0.1, 0.15) is 0 Å². The molecule has 0 aromatic rings. The van der Waals surface area contributed by atoms with Crippen LogP contribution in [0.1, 0.15) is 78.6 Å². The molecule has 2 heteroatoms. The Kier molecular flexibility index (Phi) is 5.77. The minimum atomic E-state index is 0.450. The Labute approximate surface area is 128 Å². The van der Waals surface area contributed by atoms with Gasteiger partial charge in [-0.3, -0.25) is 0 Å². The van der Waals surface area contributed by atoms with Gasteiger partial charge in [-0.25, -0.2) is 0 Å². The predicted molar refractivity (Wildman–Crippen MR) is 85.9 cm³/mol. The fourth-order valence-corrected chi connectivity index (χ4v) is 4.88. The van der Waals surface area contributed by atoms with Crippen molar-refractivity contribution in [1.29, 1.82) is 0 Å². The van der Waals surface area contributed by atoms with E-state index in [2.05, 4.69) is 36.7 Å². The molecule has 0 aliphatic heterocycles. The van der Waals surface area contributed by atoms with E-state index in [0.717, 1.165) is 5.92 Å². The maximum atomic E-state index is 6.54. The number of rotatable bonds is 2. The van der Waals surface area contributed by atoms with Crippen molar-refractivity contribution in [3.05, 3.63) is 0 Å². The van der Waals surface area contributed by atoms with Gasteiger partial charge >= 0.3 is 0 Å². The summed E-state index contributed by atoms with van der Waals surface area (Å²) >= 11 is 3.88. The maximum Gasteiger partial charge on any atom is 0.0703 e. The van der Waals surface area contributed by atoms with E-state index in [9.17, 15) is 0 Å². The molecule has 4 unspecified atom stereocenters. The van der Waals surface area contributed by atoms with Crippen LogP contribution in [0.3, 0.4) is 0 Å². The second-order valence-corrected chi connectivity index (χ2v) is 8.89. The van der Waals surface area contributed by atoms with Gasteiger partial charge in [-0.1, -0.05) is 62.4 Å². The normalized spacial score (nSPS) is 40.4. The smallest absolute Gasteiger partial charge is 0.0703 e. The molecule has 112 valence electrons. The summed E-state index contributed by atoms with van der Waals surface area (Å²) in [4.78, 5) is 0.577. The lowest BCUT2D eigenvalue weighted by Crippen LogP contribution is -2.37. The lowest BCUT2D eigenvalue weighted by Gasteiger charge is -2.41. The van der Waals surface area contributed by atoms with E-state index in [-0.39, 0.29) is 0 Å². The summed E-state index contributed by atoms with van der Waals surface area (Å²) in [6, 6.07) is 0. The molecule has 0 spiro atoms. The SMILES string of the molecule is CC1CC(OC2CCCCCCC2Br)CC(C)(C)C1. The molecule has 2 saturated carbocycles. The zero-order valence-electron chi connectivity index (χ0n) is 13.0. The lowest BCUT2D eigenvalue weighted by molar-refractivity contribution is -0.0698. The second-order valence-electron chi connectivity index (χ2n) is 7.72. The highest BCUT2D eigenvalue weighted by Gasteiger charge is 2.34. The van der Waals surface area contributed by atoms with Crippen molar-refractivity contribution in [2.45, 2.75) is 95.6 Å². The molecule has 2 fully saturated rings. The first-order chi connectivity index (χ1) is 8.96. The largest absolute Gasteiger partial charge is 0.374 e. The number of alkyl halides is 1. The van der Waals surface area contributed by atoms with Gasteiger partial charge in [0, 0.05) is 4.83 Å². The van der Waals surface area contributed by atoms with Crippen molar-refractivity contribution in [3.63, 3.8) is 0 Å². The Balaban J connectivity index is 1.90. The molecule has 0 saturated heterocycles. The summed E-state index contributed by atoms with van der Waals surface area (Å²) in [5.74, 6) is 0.816. The molecule has 2 aliphatic rings. The van der Waals surface area contributed by atoms with Crippen molar-refractivity contribution in [3.8, 4) is 0 Å². The van der Waals surface area contributed by atoms with Crippen molar-refractivity contribution in [2.75, 3.05) is 0 Å². The molecule has 0 bridgehead atoms. The topological polar surface area (TPSA) is 9.23 Å². The van der Waals surface area contributed by atoms with Gasteiger partial charge in [-0.2, -0.15) is 0 Å². The quantitative estimate of drug-likeness (QED) is 0.589. The van der Waals surface area contributed by atoms with Gasteiger partial charge in [0.25, 0.3) is 0 Å². The van der Waals surface area contributed by atoms with E-state index in [1.54, 1.807) is 0 Å². The first-order valence-electron chi connectivity index (χ1n) is 8.26. The van der Waals surface area contributed by atoms with Crippen LogP contribution in [0.2, 0.25) is 0 Å². The van der Waals surface area contributed by atoms with Gasteiger partial charge < -0.3 is 4.74 Å². The highest BCUT2D eigenvalue weighted by Crippen LogP contribution is 2.41. The third-order valence-corrected chi connectivity index (χ3v) is 5.88. The molecule has 0 radical (unpaired) electrons. The average molecular weight is 331 g/mol. The number of hydrogen-bond acceptors (Lipinski definition) is 1. The molecule has 1 nitrogen and oxygen atoms in total. The standard InChI is InChI=1S/C17H31BrO/c1-13-10-14(12-17(2,3)11-13)19-16-9-7-5-4-6-8-15(16)18/h13-16H,4-12H2,1-3H3. The predicted octanol–water partition coefficient (Wildman–Crippen LogP) is 5.70. The second kappa shape index (κ2) is 6.93. The molecule has 2 aliphatic carbocycles. The molecule has 4 atom stereocenters. The van der Waals surface area contributed by atoms with Crippen LogP contribution >= 0.6 is 15.9 Å². The Morgan fingerprint density at radius 3 is 2.37 bits per heavy atom. The fraction of sp³-hybridized carbons (Fsp3) is 1.00. The molecular weight excluding hydrogens is 300 g/mol. The van der Waals surface area contributed by atoms with Crippen LogP contribution in [-0.2, 0) is 4.74 Å². The van der Waals surface area contributed by atoms with Crippen LogP contribution < -0.4 is 0 Å². The van der Waals surface area contributed by atoms with E-state index in [0.29, 0.717) is 22.5 Å². The van der Waals surface area contributed by atoms with Crippen LogP contribution in [0.5, 0.6) is 0 Å². The first-order valence-corrected chi connectivity index (χ1v) is 9.17. The van der Waals surface area contributed by atoms with Gasteiger partial charge in [0.2, 0.25) is 0 Å². The zero-order valence-corrected chi connectivity index (χ0v) is 14.5. The molecular formula is C17H31BrO. The lowest BCUT2D eigenvalue weighted by atomic mass is 9.71. The highest BCUT2D eigenvalue weighted by atomic mass is 79.9. The first kappa shape index (κ1) is 15.8. The Morgan fingerprint density at radius 2 is 1.68 bits per heavy atom. The molecule has 0 aromatic carbocycles. The van der Waals surface area contributed by atoms with E-state index >= 15 is 0 Å². The number of hydrogen-bond donors (Lipinski definition) is 0. The monoisotopic (exact) mass is 330 g/mol. The van der Waals surface area contributed by atoms with Gasteiger partial charge in [0.05, 0.1) is 12.2 Å². The Bertz CT molecular complexity index is 276. The maximum absolute atomic E-state index is 6.54. The molecule has 0 N–H and O–H groups in total. The summed E-state index contributed by atoms with van der Waals surface area (Å²) in [6.07, 6.45) is 12.9. The average Bonchev–Trinajstić information content (AvgIpc) is 2.26. The third-order valence-electron chi connectivity index (χ3n) is 4.84. The summed E-state index contributed by atoms with van der Waals surface area (Å²) < 4.78 is 6.54. The van der Waals surface area contributed by atoms with E-state index in [1.165, 1.54) is 57.8 Å². The van der Waals surface area contributed by atoms with Crippen LogP contribution in [0.4, 0.5) is 0 Å². The van der Waals surface area contributed by atoms with Crippen molar-refractivity contribution in [1.82, 2.24) is 0 Å². The zero-order chi connectivity index (χ0) is 13.9. The van der Waals surface area contributed by atoms with E-state index in [1.807, 2.05) is 0 Å². The van der Waals surface area contributed by atoms with Crippen LogP contribution in [0.25, 0.3) is 0 Å². The van der Waals surface area contributed by atoms with E-state index in [4.69, 9.17) is 4.74 Å². The molecule has 19 heavy (non-hydrogen) atoms.